The minimum Gasteiger partial charge on any atom is -0.348 e. The summed E-state index contributed by atoms with van der Waals surface area (Å²) in [6.07, 6.45) is 9.89. The van der Waals surface area contributed by atoms with Gasteiger partial charge >= 0.3 is 0 Å². The maximum atomic E-state index is 12.4. The highest BCUT2D eigenvalue weighted by Gasteiger charge is 2.24. The van der Waals surface area contributed by atoms with E-state index in [1.165, 1.54) is 55.4 Å². The van der Waals surface area contributed by atoms with Crippen molar-refractivity contribution in [3.63, 3.8) is 0 Å². The Morgan fingerprint density at radius 2 is 2.00 bits per heavy atom. The summed E-state index contributed by atoms with van der Waals surface area (Å²) in [4.78, 5) is 14.8. The number of fused-ring (bicyclic) bond motifs is 1. The molecule has 1 amide bonds. The van der Waals surface area contributed by atoms with E-state index < -0.39 is 0 Å². The minimum atomic E-state index is 0.165. The van der Waals surface area contributed by atoms with Gasteiger partial charge in [-0.2, -0.15) is 0 Å². The van der Waals surface area contributed by atoms with Crippen LogP contribution in [0.15, 0.2) is 6.07 Å². The van der Waals surface area contributed by atoms with E-state index in [4.69, 9.17) is 0 Å². The third-order valence-electron chi connectivity index (χ3n) is 4.65. The van der Waals surface area contributed by atoms with Gasteiger partial charge < -0.3 is 5.32 Å². The molecule has 2 aliphatic rings. The minimum absolute atomic E-state index is 0.165. The molecule has 2 aliphatic carbocycles. The Balaban J connectivity index is 1.68. The van der Waals surface area contributed by atoms with Crippen LogP contribution in [-0.2, 0) is 12.8 Å². The first-order valence-corrected chi connectivity index (χ1v) is 8.48. The number of thiophene rings is 1. The molecule has 0 bridgehead atoms. The zero-order chi connectivity index (χ0) is 13.2. The van der Waals surface area contributed by atoms with E-state index in [1.807, 2.05) is 0 Å². The van der Waals surface area contributed by atoms with Crippen molar-refractivity contribution in [1.82, 2.24) is 5.32 Å². The van der Waals surface area contributed by atoms with Crippen molar-refractivity contribution in [2.24, 2.45) is 5.92 Å². The van der Waals surface area contributed by atoms with Gasteiger partial charge in [0.25, 0.3) is 5.91 Å². The van der Waals surface area contributed by atoms with Gasteiger partial charge in [0.05, 0.1) is 4.88 Å². The zero-order valence-corrected chi connectivity index (χ0v) is 12.5. The molecule has 2 unspecified atom stereocenters. The first-order chi connectivity index (χ1) is 9.24. The highest BCUT2D eigenvalue weighted by atomic mass is 32.1. The number of nitrogens with one attached hydrogen (secondary N) is 1. The summed E-state index contributed by atoms with van der Waals surface area (Å²) < 4.78 is 0. The molecule has 0 aliphatic heterocycles. The second-order valence-corrected chi connectivity index (χ2v) is 7.24. The van der Waals surface area contributed by atoms with Crippen LogP contribution in [0.25, 0.3) is 0 Å². The van der Waals surface area contributed by atoms with Crippen molar-refractivity contribution < 1.29 is 4.79 Å². The van der Waals surface area contributed by atoms with Gasteiger partial charge in [0, 0.05) is 10.9 Å². The van der Waals surface area contributed by atoms with Crippen LogP contribution in [0.4, 0.5) is 0 Å². The Morgan fingerprint density at radius 1 is 1.21 bits per heavy atom. The van der Waals surface area contributed by atoms with Crippen LogP contribution in [0.1, 0.15) is 65.6 Å². The molecule has 0 spiro atoms. The molecule has 19 heavy (non-hydrogen) atoms. The molecule has 3 heteroatoms. The second kappa shape index (κ2) is 5.66. The van der Waals surface area contributed by atoms with Crippen molar-refractivity contribution in [3.8, 4) is 0 Å². The molecule has 0 radical (unpaired) electrons. The van der Waals surface area contributed by atoms with E-state index in [-0.39, 0.29) is 5.91 Å². The molecule has 1 N–H and O–H groups in total. The molecular weight excluding hydrogens is 254 g/mol. The first-order valence-electron chi connectivity index (χ1n) is 7.66. The van der Waals surface area contributed by atoms with Crippen LogP contribution in [0.5, 0.6) is 0 Å². The topological polar surface area (TPSA) is 29.1 Å². The average molecular weight is 277 g/mol. The smallest absolute Gasteiger partial charge is 0.261 e. The molecule has 1 fully saturated rings. The summed E-state index contributed by atoms with van der Waals surface area (Å²) in [7, 11) is 0. The Hall–Kier alpha value is -0.830. The third-order valence-corrected chi connectivity index (χ3v) is 5.88. The molecule has 0 saturated heterocycles. The van der Waals surface area contributed by atoms with E-state index in [2.05, 4.69) is 18.3 Å². The predicted octanol–water partition coefficient (Wildman–Crippen LogP) is 3.94. The van der Waals surface area contributed by atoms with E-state index in [9.17, 15) is 4.79 Å². The van der Waals surface area contributed by atoms with E-state index in [0.717, 1.165) is 11.3 Å². The van der Waals surface area contributed by atoms with Crippen LogP contribution in [-0.4, -0.2) is 11.9 Å². The summed E-state index contributed by atoms with van der Waals surface area (Å²) in [6, 6.07) is 2.53. The highest BCUT2D eigenvalue weighted by molar-refractivity contribution is 7.14. The van der Waals surface area contributed by atoms with Crippen molar-refractivity contribution in [2.75, 3.05) is 0 Å². The monoisotopic (exact) mass is 277 g/mol. The number of hydrogen-bond acceptors (Lipinski definition) is 2. The molecule has 3 rings (SSSR count). The molecule has 1 saturated carbocycles. The lowest BCUT2D eigenvalue weighted by Crippen LogP contribution is -2.40. The summed E-state index contributed by atoms with van der Waals surface area (Å²) in [6.45, 7) is 2.27. The van der Waals surface area contributed by atoms with Gasteiger partial charge in [0.1, 0.15) is 0 Å². The molecule has 1 aromatic rings. The van der Waals surface area contributed by atoms with Crippen LogP contribution in [0.2, 0.25) is 0 Å². The molecule has 1 heterocycles. The summed E-state index contributed by atoms with van der Waals surface area (Å²) in [5.41, 5.74) is 1.43. The van der Waals surface area contributed by atoms with Crippen molar-refractivity contribution in [3.05, 3.63) is 21.4 Å². The number of rotatable bonds is 2. The zero-order valence-electron chi connectivity index (χ0n) is 11.7. The number of carbonyl (C=O) groups is 1. The predicted molar refractivity (Wildman–Crippen MR) is 79.8 cm³/mol. The normalized spacial score (nSPS) is 26.8. The van der Waals surface area contributed by atoms with Crippen molar-refractivity contribution in [2.45, 2.75) is 64.3 Å². The summed E-state index contributed by atoms with van der Waals surface area (Å²) in [5, 5.41) is 3.27. The Bertz CT molecular complexity index is 442. The van der Waals surface area contributed by atoms with Gasteiger partial charge in [-0.3, -0.25) is 4.79 Å². The lowest BCUT2D eigenvalue weighted by Gasteiger charge is -2.29. The molecule has 2 atom stereocenters. The largest absolute Gasteiger partial charge is 0.348 e. The quantitative estimate of drug-likeness (QED) is 0.871. The lowest BCUT2D eigenvalue weighted by molar-refractivity contribution is 0.0914. The molecule has 1 aromatic heterocycles. The van der Waals surface area contributed by atoms with Gasteiger partial charge in [-0.05, 0) is 56.1 Å². The Labute approximate surface area is 119 Å². The first kappa shape index (κ1) is 13.2. The fourth-order valence-electron chi connectivity index (χ4n) is 3.37. The number of carbonyl (C=O) groups excluding carboxylic acids is 1. The van der Waals surface area contributed by atoms with Gasteiger partial charge in [-0.1, -0.05) is 19.8 Å². The maximum absolute atomic E-state index is 12.4. The number of aryl methyl sites for hydroxylation is 2. The fraction of sp³-hybridized carbons (Fsp3) is 0.688. The Kier molecular flexibility index (Phi) is 3.92. The van der Waals surface area contributed by atoms with Crippen LogP contribution in [0.3, 0.4) is 0 Å². The molecule has 0 aromatic carbocycles. The van der Waals surface area contributed by atoms with Gasteiger partial charge in [0.15, 0.2) is 0 Å². The Morgan fingerprint density at radius 3 is 2.79 bits per heavy atom. The standard InChI is InChI=1S/C16H23NOS/c1-11-6-2-4-8-13(11)17-16(18)15-10-12-7-3-5-9-14(12)19-15/h10-11,13H,2-9H2,1H3,(H,17,18). The van der Waals surface area contributed by atoms with Crippen LogP contribution in [0, 0.1) is 5.92 Å². The summed E-state index contributed by atoms with van der Waals surface area (Å²) >= 11 is 1.72. The fourth-order valence-corrected chi connectivity index (χ4v) is 4.53. The van der Waals surface area contributed by atoms with Crippen molar-refractivity contribution >= 4 is 17.2 Å². The van der Waals surface area contributed by atoms with E-state index in [0.29, 0.717) is 12.0 Å². The maximum Gasteiger partial charge on any atom is 0.261 e. The van der Waals surface area contributed by atoms with E-state index >= 15 is 0 Å². The van der Waals surface area contributed by atoms with Crippen LogP contribution >= 0.6 is 11.3 Å². The molecule has 2 nitrogen and oxygen atoms in total. The van der Waals surface area contributed by atoms with Gasteiger partial charge in [0.2, 0.25) is 0 Å². The number of hydrogen-bond donors (Lipinski definition) is 1. The third kappa shape index (κ3) is 2.86. The average Bonchev–Trinajstić information content (AvgIpc) is 2.85. The number of amides is 1. The van der Waals surface area contributed by atoms with Gasteiger partial charge in [-0.15, -0.1) is 11.3 Å². The van der Waals surface area contributed by atoms with Gasteiger partial charge in [-0.25, -0.2) is 0 Å². The molecular formula is C16H23NOS. The second-order valence-electron chi connectivity index (χ2n) is 6.11. The van der Waals surface area contributed by atoms with E-state index in [1.54, 1.807) is 11.3 Å². The van der Waals surface area contributed by atoms with Crippen molar-refractivity contribution in [1.29, 1.82) is 0 Å². The molecule has 104 valence electrons. The van der Waals surface area contributed by atoms with Crippen LogP contribution < -0.4 is 5.32 Å². The highest BCUT2D eigenvalue weighted by Crippen LogP contribution is 2.30. The lowest BCUT2D eigenvalue weighted by atomic mass is 9.86. The summed E-state index contributed by atoms with van der Waals surface area (Å²) in [5.74, 6) is 0.797. The SMILES string of the molecule is CC1CCCCC1NC(=O)c1cc2c(s1)CCCC2.